The van der Waals surface area contributed by atoms with Crippen molar-refractivity contribution < 1.29 is 4.79 Å². The molecule has 0 fully saturated rings. The molecule has 1 amide bonds. The van der Waals surface area contributed by atoms with E-state index < -0.39 is 0 Å². The van der Waals surface area contributed by atoms with Crippen LogP contribution in [0.25, 0.3) is 44.8 Å². The van der Waals surface area contributed by atoms with E-state index in [-0.39, 0.29) is 5.91 Å². The van der Waals surface area contributed by atoms with Crippen molar-refractivity contribution in [3.05, 3.63) is 114 Å². The van der Waals surface area contributed by atoms with Gasteiger partial charge < -0.3 is 5.32 Å². The van der Waals surface area contributed by atoms with Crippen molar-refractivity contribution in [3.8, 4) is 11.3 Å². The third kappa shape index (κ3) is 3.93. The predicted octanol–water partition coefficient (Wildman–Crippen LogP) is 6.66. The van der Waals surface area contributed by atoms with Gasteiger partial charge in [0.1, 0.15) is 0 Å². The fourth-order valence-electron chi connectivity index (χ4n) is 4.30. The average molecular weight is 455 g/mol. The van der Waals surface area contributed by atoms with Gasteiger partial charge in [-0.05, 0) is 36.8 Å². The summed E-state index contributed by atoms with van der Waals surface area (Å²) in [5.74, 6) is -0.194. The van der Waals surface area contributed by atoms with Gasteiger partial charge in [0.05, 0.1) is 16.7 Å². The zero-order valence-corrected chi connectivity index (χ0v) is 19.1. The van der Waals surface area contributed by atoms with E-state index in [0.29, 0.717) is 5.69 Å². The van der Waals surface area contributed by atoms with Crippen molar-refractivity contribution in [1.29, 1.82) is 0 Å². The molecule has 0 bridgehead atoms. The lowest BCUT2D eigenvalue weighted by atomic mass is 10.0. The molecule has 0 radical (unpaired) electrons. The van der Waals surface area contributed by atoms with Crippen LogP contribution in [0.5, 0.6) is 0 Å². The molecule has 5 heteroatoms. The van der Waals surface area contributed by atoms with Crippen LogP contribution in [-0.2, 0) is 4.79 Å². The highest BCUT2D eigenvalue weighted by atomic mass is 16.1. The minimum atomic E-state index is -0.194. The Kier molecular flexibility index (Phi) is 5.08. The molecule has 2 heterocycles. The number of anilines is 1. The van der Waals surface area contributed by atoms with Gasteiger partial charge in [-0.1, -0.05) is 84.4 Å². The number of carbonyl (C=O) groups is 1. The van der Waals surface area contributed by atoms with Crippen molar-refractivity contribution in [2.45, 2.75) is 6.92 Å². The lowest BCUT2D eigenvalue weighted by molar-refractivity contribution is -0.111. The highest BCUT2D eigenvalue weighted by Crippen LogP contribution is 2.31. The van der Waals surface area contributed by atoms with Crippen LogP contribution < -0.4 is 5.32 Å². The molecule has 0 unspecified atom stereocenters. The van der Waals surface area contributed by atoms with Crippen LogP contribution in [0, 0.1) is 6.92 Å². The topological polar surface area (TPSA) is 59.3 Å². The minimum absolute atomic E-state index is 0.194. The van der Waals surface area contributed by atoms with Gasteiger partial charge >= 0.3 is 0 Å². The highest BCUT2D eigenvalue weighted by Gasteiger charge is 2.15. The summed E-state index contributed by atoms with van der Waals surface area (Å²) in [5.41, 5.74) is 7.26. The summed E-state index contributed by atoms with van der Waals surface area (Å²) in [7, 11) is 0. The first kappa shape index (κ1) is 20.8. The maximum atomic E-state index is 12.5. The number of imidazole rings is 1. The molecule has 6 rings (SSSR count). The van der Waals surface area contributed by atoms with Gasteiger partial charge in [-0.2, -0.15) is 5.10 Å². The van der Waals surface area contributed by atoms with Gasteiger partial charge in [0.25, 0.3) is 0 Å². The number of rotatable bonds is 4. The predicted molar refractivity (Wildman–Crippen MR) is 142 cm³/mol. The molecule has 0 saturated carbocycles. The van der Waals surface area contributed by atoms with E-state index in [4.69, 9.17) is 10.1 Å². The molecule has 0 aliphatic heterocycles. The minimum Gasteiger partial charge on any atom is -0.322 e. The van der Waals surface area contributed by atoms with Gasteiger partial charge in [0.15, 0.2) is 5.65 Å². The van der Waals surface area contributed by atoms with E-state index in [1.54, 1.807) is 6.08 Å². The summed E-state index contributed by atoms with van der Waals surface area (Å²) < 4.78 is 1.88. The smallest absolute Gasteiger partial charge is 0.248 e. The molecule has 1 N–H and O–H groups in total. The lowest BCUT2D eigenvalue weighted by Gasteiger charge is -2.09. The van der Waals surface area contributed by atoms with Crippen LogP contribution >= 0.6 is 0 Å². The van der Waals surface area contributed by atoms with Crippen LogP contribution in [0.4, 0.5) is 5.69 Å². The van der Waals surface area contributed by atoms with Crippen LogP contribution in [0.3, 0.4) is 0 Å². The molecule has 0 atom stereocenters. The molecule has 0 aliphatic carbocycles. The molecule has 6 aromatic rings. The number of nitrogens with zero attached hydrogens (tertiary/aromatic N) is 3. The lowest BCUT2D eigenvalue weighted by Crippen LogP contribution is -2.07. The van der Waals surface area contributed by atoms with E-state index in [1.807, 2.05) is 65.2 Å². The molecule has 2 aromatic heterocycles. The molecular weight excluding hydrogens is 432 g/mol. The fourth-order valence-corrected chi connectivity index (χ4v) is 4.30. The Morgan fingerprint density at radius 1 is 0.857 bits per heavy atom. The molecule has 0 saturated heterocycles. The number of hydrogen-bond donors (Lipinski definition) is 1. The summed E-state index contributed by atoms with van der Waals surface area (Å²) in [6.07, 6.45) is 3.33. The van der Waals surface area contributed by atoms with E-state index in [0.717, 1.165) is 44.3 Å². The maximum absolute atomic E-state index is 12.5. The van der Waals surface area contributed by atoms with Gasteiger partial charge in [0, 0.05) is 28.1 Å². The normalized spacial score (nSPS) is 11.6. The molecule has 35 heavy (non-hydrogen) atoms. The summed E-state index contributed by atoms with van der Waals surface area (Å²) in [5, 5.41) is 10.1. The average Bonchev–Trinajstić information content (AvgIpc) is 3.26. The monoisotopic (exact) mass is 454 g/mol. The number of aromatic nitrogens is 3. The second-order valence-electron chi connectivity index (χ2n) is 8.54. The first-order chi connectivity index (χ1) is 17.2. The van der Waals surface area contributed by atoms with Gasteiger partial charge in [-0.15, -0.1) is 0 Å². The Morgan fingerprint density at radius 2 is 1.60 bits per heavy atom. The first-order valence-electron chi connectivity index (χ1n) is 11.5. The van der Waals surface area contributed by atoms with Gasteiger partial charge in [-0.25, -0.2) is 9.50 Å². The standard InChI is InChI=1S/C30H22N4O/c1-20-11-14-22(15-12-20)29-24-9-5-6-10-25(24)30-32-26-17-16-23(19-27(26)34(30)33-29)31-28(35)18-13-21-7-3-2-4-8-21/h2-19H,1H3,(H,31,35). The Balaban J connectivity index is 1.44. The summed E-state index contributed by atoms with van der Waals surface area (Å²) >= 11 is 0. The van der Waals surface area contributed by atoms with Crippen LogP contribution in [0.15, 0.2) is 103 Å². The Labute approximate surface area is 202 Å². The Hall–Kier alpha value is -4.77. The van der Waals surface area contributed by atoms with Crippen LogP contribution in [-0.4, -0.2) is 20.5 Å². The van der Waals surface area contributed by atoms with Gasteiger partial charge in [-0.3, -0.25) is 4.79 Å². The number of carbonyl (C=O) groups excluding carboxylic acids is 1. The van der Waals surface area contributed by atoms with Crippen molar-refractivity contribution in [3.63, 3.8) is 0 Å². The third-order valence-corrected chi connectivity index (χ3v) is 6.07. The van der Waals surface area contributed by atoms with Crippen molar-refractivity contribution in [1.82, 2.24) is 14.6 Å². The van der Waals surface area contributed by atoms with E-state index in [1.165, 1.54) is 11.6 Å². The van der Waals surface area contributed by atoms with Crippen LogP contribution in [0.1, 0.15) is 11.1 Å². The third-order valence-electron chi connectivity index (χ3n) is 6.07. The number of benzene rings is 4. The quantitative estimate of drug-likeness (QED) is 0.303. The zero-order valence-electron chi connectivity index (χ0n) is 19.1. The SMILES string of the molecule is Cc1ccc(-c2nn3c4cc(NC(=O)C=Cc5ccccc5)ccc4nc3c3ccccc23)cc1. The second kappa shape index (κ2) is 8.54. The molecule has 168 valence electrons. The van der Waals surface area contributed by atoms with E-state index >= 15 is 0 Å². The largest absolute Gasteiger partial charge is 0.322 e. The number of amides is 1. The van der Waals surface area contributed by atoms with E-state index in [9.17, 15) is 4.79 Å². The highest BCUT2D eigenvalue weighted by molar-refractivity contribution is 6.05. The number of fused-ring (bicyclic) bond motifs is 5. The van der Waals surface area contributed by atoms with Crippen molar-refractivity contribution >= 4 is 45.1 Å². The molecule has 0 spiro atoms. The van der Waals surface area contributed by atoms with Crippen LogP contribution in [0.2, 0.25) is 0 Å². The fraction of sp³-hybridized carbons (Fsp3) is 0.0333. The van der Waals surface area contributed by atoms with Crippen molar-refractivity contribution in [2.75, 3.05) is 5.32 Å². The number of aryl methyl sites for hydroxylation is 1. The molecule has 5 nitrogen and oxygen atoms in total. The number of hydrogen-bond acceptors (Lipinski definition) is 3. The van der Waals surface area contributed by atoms with Gasteiger partial charge in [0.2, 0.25) is 5.91 Å². The number of nitrogens with one attached hydrogen (secondary N) is 1. The van der Waals surface area contributed by atoms with E-state index in [2.05, 4.69) is 48.6 Å². The Morgan fingerprint density at radius 3 is 2.40 bits per heavy atom. The molecule has 0 aliphatic rings. The summed E-state index contributed by atoms with van der Waals surface area (Å²) in [6, 6.07) is 32.0. The Bertz CT molecular complexity index is 1730. The van der Waals surface area contributed by atoms with Crippen molar-refractivity contribution in [2.24, 2.45) is 0 Å². The first-order valence-corrected chi connectivity index (χ1v) is 11.5. The summed E-state index contributed by atoms with van der Waals surface area (Å²) in [4.78, 5) is 17.4. The molecular formula is C30H22N4O. The maximum Gasteiger partial charge on any atom is 0.248 e. The second-order valence-corrected chi connectivity index (χ2v) is 8.54. The molecule has 4 aromatic carbocycles. The zero-order chi connectivity index (χ0) is 23.8. The summed E-state index contributed by atoms with van der Waals surface area (Å²) in [6.45, 7) is 2.08.